The highest BCUT2D eigenvalue weighted by atomic mass is 14.5. The molecule has 0 aliphatic heterocycles. The zero-order valence-electron chi connectivity index (χ0n) is 14.0. The lowest BCUT2D eigenvalue weighted by atomic mass is 9.58. The predicted octanol–water partition coefficient (Wildman–Crippen LogP) is 5.58. The summed E-state index contributed by atoms with van der Waals surface area (Å²) in [5, 5.41) is 0. The van der Waals surface area contributed by atoms with E-state index >= 15 is 0 Å². The third kappa shape index (κ3) is 2.35. The van der Waals surface area contributed by atoms with Crippen LogP contribution >= 0.6 is 0 Å². The van der Waals surface area contributed by atoms with Crippen molar-refractivity contribution in [2.24, 2.45) is 5.92 Å². The minimum atomic E-state index is 0.232. The molecule has 1 aromatic carbocycles. The molecule has 1 unspecified atom stereocenters. The summed E-state index contributed by atoms with van der Waals surface area (Å²) in [6.07, 6.45) is 1.28. The zero-order chi connectivity index (χ0) is 14.6. The average molecular weight is 258 g/mol. The van der Waals surface area contributed by atoms with Crippen LogP contribution in [0.4, 0.5) is 0 Å². The molecule has 1 aliphatic rings. The Morgan fingerprint density at radius 2 is 1.58 bits per heavy atom. The Hall–Kier alpha value is -0.780. The normalized spacial score (nSPS) is 24.9. The molecule has 2 rings (SSSR count). The van der Waals surface area contributed by atoms with Crippen molar-refractivity contribution in [3.8, 4) is 0 Å². The van der Waals surface area contributed by atoms with Gasteiger partial charge in [0.05, 0.1) is 0 Å². The largest absolute Gasteiger partial charge is 0.0616 e. The molecule has 0 saturated heterocycles. The third-order valence-electron chi connectivity index (χ3n) is 5.36. The van der Waals surface area contributed by atoms with E-state index in [0.29, 0.717) is 5.41 Å². The van der Waals surface area contributed by atoms with E-state index in [4.69, 9.17) is 0 Å². The smallest absolute Gasteiger partial charge is 0.00746 e. The molecule has 0 aromatic heterocycles. The van der Waals surface area contributed by atoms with E-state index in [-0.39, 0.29) is 10.8 Å². The van der Waals surface area contributed by atoms with Crippen molar-refractivity contribution in [3.05, 3.63) is 34.9 Å². The van der Waals surface area contributed by atoms with E-state index in [1.165, 1.54) is 12.0 Å². The van der Waals surface area contributed by atoms with Crippen LogP contribution in [0.2, 0.25) is 0 Å². The minimum Gasteiger partial charge on any atom is -0.0616 e. The maximum Gasteiger partial charge on any atom is -0.00746 e. The van der Waals surface area contributed by atoms with Crippen LogP contribution in [0, 0.1) is 5.92 Å². The molecule has 0 bridgehead atoms. The van der Waals surface area contributed by atoms with Crippen LogP contribution in [0.15, 0.2) is 18.2 Å². The molecule has 0 saturated carbocycles. The van der Waals surface area contributed by atoms with Gasteiger partial charge in [0, 0.05) is 0 Å². The van der Waals surface area contributed by atoms with E-state index in [0.717, 1.165) is 5.92 Å². The molecule has 0 fully saturated rings. The van der Waals surface area contributed by atoms with Gasteiger partial charge >= 0.3 is 0 Å². The lowest BCUT2D eigenvalue weighted by Crippen LogP contribution is -2.40. The first kappa shape index (κ1) is 14.6. The maximum absolute atomic E-state index is 2.48. The van der Waals surface area contributed by atoms with Crippen LogP contribution in [-0.4, -0.2) is 0 Å². The Morgan fingerprint density at radius 3 is 2.11 bits per heavy atom. The van der Waals surface area contributed by atoms with Crippen LogP contribution in [0.1, 0.15) is 78.5 Å². The van der Waals surface area contributed by atoms with Crippen molar-refractivity contribution in [2.75, 3.05) is 0 Å². The van der Waals surface area contributed by atoms with E-state index in [1.54, 1.807) is 11.1 Å². The molecule has 0 N–H and O–H groups in total. The summed E-state index contributed by atoms with van der Waals surface area (Å²) in [6.45, 7) is 18.9. The highest BCUT2D eigenvalue weighted by Gasteiger charge is 2.42. The fourth-order valence-electron chi connectivity index (χ4n) is 3.53. The van der Waals surface area contributed by atoms with Gasteiger partial charge in [0.1, 0.15) is 0 Å². The molecule has 1 aliphatic carbocycles. The second kappa shape index (κ2) is 4.11. The molecule has 0 nitrogen and oxygen atoms in total. The van der Waals surface area contributed by atoms with Gasteiger partial charge in [-0.15, -0.1) is 0 Å². The summed E-state index contributed by atoms with van der Waals surface area (Å²) in [7, 11) is 0. The first-order valence-electron chi connectivity index (χ1n) is 7.62. The topological polar surface area (TPSA) is 0 Å². The minimum absolute atomic E-state index is 0.232. The van der Waals surface area contributed by atoms with Crippen LogP contribution in [-0.2, 0) is 16.2 Å². The standard InChI is InChI=1S/C19H30/c1-13-12-18(5,6)15-10-9-14(17(2,3)4)11-16(15)19(13,7)8/h9-11,13H,12H2,1-8H3. The van der Waals surface area contributed by atoms with E-state index in [2.05, 4.69) is 73.6 Å². The molecular weight excluding hydrogens is 228 g/mol. The van der Waals surface area contributed by atoms with Gasteiger partial charge in [0.25, 0.3) is 0 Å². The van der Waals surface area contributed by atoms with Gasteiger partial charge in [-0.3, -0.25) is 0 Å². The molecule has 0 spiro atoms. The number of benzene rings is 1. The molecular formula is C19H30. The van der Waals surface area contributed by atoms with E-state index in [9.17, 15) is 0 Å². The van der Waals surface area contributed by atoms with E-state index in [1.807, 2.05) is 0 Å². The first-order chi connectivity index (χ1) is 8.46. The Kier molecular flexibility index (Phi) is 3.16. The fourth-order valence-corrected chi connectivity index (χ4v) is 3.53. The molecule has 0 heteroatoms. The Bertz CT molecular complexity index is 483. The fraction of sp³-hybridized carbons (Fsp3) is 0.684. The predicted molar refractivity (Wildman–Crippen MR) is 85.0 cm³/mol. The van der Waals surface area contributed by atoms with Gasteiger partial charge in [0.2, 0.25) is 0 Å². The summed E-state index contributed by atoms with van der Waals surface area (Å²) in [5.41, 5.74) is 5.42. The highest BCUT2D eigenvalue weighted by Crippen LogP contribution is 2.49. The Balaban J connectivity index is 2.67. The average Bonchev–Trinajstić information content (AvgIpc) is 2.24. The molecule has 1 aromatic rings. The molecule has 106 valence electrons. The Morgan fingerprint density at radius 1 is 1.00 bits per heavy atom. The van der Waals surface area contributed by atoms with Crippen molar-refractivity contribution in [1.82, 2.24) is 0 Å². The van der Waals surface area contributed by atoms with Crippen molar-refractivity contribution in [2.45, 2.75) is 78.1 Å². The Labute approximate surface area is 119 Å². The zero-order valence-corrected chi connectivity index (χ0v) is 14.0. The van der Waals surface area contributed by atoms with Crippen LogP contribution in [0.3, 0.4) is 0 Å². The third-order valence-corrected chi connectivity index (χ3v) is 5.36. The number of fused-ring (bicyclic) bond motifs is 1. The second-order valence-electron chi connectivity index (χ2n) is 8.72. The molecule has 0 heterocycles. The second-order valence-corrected chi connectivity index (χ2v) is 8.72. The number of hydrogen-bond donors (Lipinski definition) is 0. The van der Waals surface area contributed by atoms with Gasteiger partial charge in [-0.05, 0) is 45.3 Å². The summed E-state index contributed by atoms with van der Waals surface area (Å²) in [5.74, 6) is 0.727. The number of hydrogen-bond acceptors (Lipinski definition) is 0. The van der Waals surface area contributed by atoms with Crippen LogP contribution < -0.4 is 0 Å². The lowest BCUT2D eigenvalue weighted by molar-refractivity contribution is 0.233. The molecule has 0 amide bonds. The van der Waals surface area contributed by atoms with Crippen molar-refractivity contribution < 1.29 is 0 Å². The van der Waals surface area contributed by atoms with Gasteiger partial charge in [-0.2, -0.15) is 0 Å². The summed E-state index contributed by atoms with van der Waals surface area (Å²) >= 11 is 0. The lowest BCUT2D eigenvalue weighted by Gasteiger charge is -2.47. The summed E-state index contributed by atoms with van der Waals surface area (Å²) < 4.78 is 0. The van der Waals surface area contributed by atoms with Crippen molar-refractivity contribution in [3.63, 3.8) is 0 Å². The van der Waals surface area contributed by atoms with Crippen molar-refractivity contribution in [1.29, 1.82) is 0 Å². The summed E-state index contributed by atoms with van der Waals surface area (Å²) in [4.78, 5) is 0. The monoisotopic (exact) mass is 258 g/mol. The highest BCUT2D eigenvalue weighted by molar-refractivity contribution is 5.45. The first-order valence-corrected chi connectivity index (χ1v) is 7.62. The van der Waals surface area contributed by atoms with E-state index < -0.39 is 0 Å². The molecule has 1 atom stereocenters. The SMILES string of the molecule is CC1CC(C)(C)c2ccc(C(C)(C)C)cc2C1(C)C. The van der Waals surface area contributed by atoms with Gasteiger partial charge < -0.3 is 0 Å². The molecule has 0 radical (unpaired) electrons. The summed E-state index contributed by atoms with van der Waals surface area (Å²) in [6, 6.07) is 7.21. The molecule has 19 heavy (non-hydrogen) atoms. The van der Waals surface area contributed by atoms with Gasteiger partial charge in [0.15, 0.2) is 0 Å². The van der Waals surface area contributed by atoms with Gasteiger partial charge in [-0.25, -0.2) is 0 Å². The van der Waals surface area contributed by atoms with Crippen LogP contribution in [0.5, 0.6) is 0 Å². The maximum atomic E-state index is 2.48. The number of rotatable bonds is 0. The quantitative estimate of drug-likeness (QED) is 0.570. The van der Waals surface area contributed by atoms with Gasteiger partial charge in [-0.1, -0.05) is 73.6 Å². The van der Waals surface area contributed by atoms with Crippen molar-refractivity contribution >= 4 is 0 Å². The van der Waals surface area contributed by atoms with Crippen LogP contribution in [0.25, 0.3) is 0 Å².